The van der Waals surface area contributed by atoms with Crippen molar-refractivity contribution in [2.45, 2.75) is 83.0 Å². The molecule has 0 aromatic carbocycles. The van der Waals surface area contributed by atoms with Crippen molar-refractivity contribution in [1.82, 2.24) is 0 Å². The molecule has 0 saturated carbocycles. The summed E-state index contributed by atoms with van der Waals surface area (Å²) in [5.74, 6) is 0. The molecule has 158 valence electrons. The van der Waals surface area contributed by atoms with Gasteiger partial charge in [0, 0.05) is 0 Å². The minimum Gasteiger partial charge on any atom is -0.373 e. The highest BCUT2D eigenvalue weighted by Gasteiger charge is 2.79. The standard InChI is InChI=1S/C16H30F6O3Si/c1-11(2)23-8-14(17,18)26(7,15(19,20)9-24-12(3)4)16(21,22)10-25-13(5)6/h11-13H,8-10H2,1-7H3. The Bertz CT molecular complexity index is 370. The smallest absolute Gasteiger partial charge is 0.306 e. The fourth-order valence-corrected chi connectivity index (χ4v) is 4.77. The van der Waals surface area contributed by atoms with Gasteiger partial charge in [-0.2, -0.15) is 0 Å². The molecule has 26 heavy (non-hydrogen) atoms. The topological polar surface area (TPSA) is 27.7 Å². The van der Waals surface area contributed by atoms with Crippen LogP contribution in [0.2, 0.25) is 6.55 Å². The van der Waals surface area contributed by atoms with Crippen LogP contribution in [-0.4, -0.2) is 62.8 Å². The molecule has 0 fully saturated rings. The zero-order valence-corrected chi connectivity index (χ0v) is 17.3. The summed E-state index contributed by atoms with van der Waals surface area (Å²) in [6.07, 6.45) is -2.17. The largest absolute Gasteiger partial charge is 0.373 e. The van der Waals surface area contributed by atoms with Crippen LogP contribution in [0.1, 0.15) is 41.5 Å². The summed E-state index contributed by atoms with van der Waals surface area (Å²) in [5, 5.41) is 0. The number of halogens is 6. The lowest BCUT2D eigenvalue weighted by atomic mass is 10.5. The molecule has 10 heteroatoms. The van der Waals surface area contributed by atoms with E-state index in [0.29, 0.717) is 6.55 Å². The molecule has 0 N–H and O–H groups in total. The third kappa shape index (κ3) is 6.10. The van der Waals surface area contributed by atoms with Crippen LogP contribution in [0.5, 0.6) is 0 Å². The maximum atomic E-state index is 14.7. The van der Waals surface area contributed by atoms with E-state index >= 15 is 0 Å². The summed E-state index contributed by atoms with van der Waals surface area (Å²) in [5.41, 5.74) is -13.2. The van der Waals surface area contributed by atoms with Crippen LogP contribution in [0.4, 0.5) is 26.3 Å². The van der Waals surface area contributed by atoms with Crippen molar-refractivity contribution in [2.24, 2.45) is 0 Å². The second-order valence-corrected chi connectivity index (χ2v) is 11.8. The van der Waals surface area contributed by atoms with E-state index in [2.05, 4.69) is 0 Å². The van der Waals surface area contributed by atoms with Crippen LogP contribution >= 0.6 is 0 Å². The van der Waals surface area contributed by atoms with Gasteiger partial charge in [0.15, 0.2) is 0 Å². The van der Waals surface area contributed by atoms with Crippen molar-refractivity contribution in [3.63, 3.8) is 0 Å². The zero-order chi connectivity index (χ0) is 21.0. The molecular formula is C16H30F6O3Si. The van der Waals surface area contributed by atoms with E-state index in [0.717, 1.165) is 0 Å². The highest BCUT2D eigenvalue weighted by atomic mass is 28.3. The maximum absolute atomic E-state index is 14.7. The molecule has 0 saturated heterocycles. The Morgan fingerprint density at radius 1 is 0.577 bits per heavy atom. The highest BCUT2D eigenvalue weighted by molar-refractivity contribution is 6.85. The first kappa shape index (κ1) is 25.7. The van der Waals surface area contributed by atoms with Gasteiger partial charge >= 0.3 is 8.07 Å². The molecule has 0 aliphatic carbocycles. The van der Waals surface area contributed by atoms with Gasteiger partial charge in [0.2, 0.25) is 0 Å². The molecule has 0 unspecified atom stereocenters. The Labute approximate surface area is 152 Å². The maximum Gasteiger partial charge on any atom is 0.306 e. The van der Waals surface area contributed by atoms with Crippen molar-refractivity contribution < 1.29 is 40.6 Å². The van der Waals surface area contributed by atoms with Crippen LogP contribution in [0, 0.1) is 0 Å². The van der Waals surface area contributed by atoms with Crippen LogP contribution < -0.4 is 0 Å². The lowest BCUT2D eigenvalue weighted by Gasteiger charge is -2.44. The minimum absolute atomic E-state index is 0.296. The zero-order valence-electron chi connectivity index (χ0n) is 16.3. The quantitative estimate of drug-likeness (QED) is 0.338. The van der Waals surface area contributed by atoms with E-state index < -0.39 is 62.8 Å². The fourth-order valence-electron chi connectivity index (χ4n) is 2.05. The van der Waals surface area contributed by atoms with E-state index in [-0.39, 0.29) is 0 Å². The SMILES string of the molecule is CC(C)OCC(F)(F)[Si](C)(C(F)(F)COC(C)C)C(F)(F)COC(C)C. The third-order valence-electron chi connectivity index (χ3n) is 3.99. The lowest BCUT2D eigenvalue weighted by molar-refractivity contribution is -0.116. The van der Waals surface area contributed by atoms with E-state index in [1.54, 1.807) is 0 Å². The summed E-state index contributed by atoms with van der Waals surface area (Å²) in [4.78, 5) is 0. The van der Waals surface area contributed by atoms with Crippen molar-refractivity contribution in [2.75, 3.05) is 19.8 Å². The van der Waals surface area contributed by atoms with Crippen LogP contribution in [0.25, 0.3) is 0 Å². The van der Waals surface area contributed by atoms with Gasteiger partial charge in [-0.3, -0.25) is 0 Å². The van der Waals surface area contributed by atoms with E-state index in [4.69, 9.17) is 14.2 Å². The van der Waals surface area contributed by atoms with Crippen LogP contribution in [0.3, 0.4) is 0 Å². The first-order chi connectivity index (χ1) is 11.5. The molecule has 3 nitrogen and oxygen atoms in total. The fraction of sp³-hybridized carbons (Fsp3) is 1.00. The molecule has 0 radical (unpaired) electrons. The number of ether oxygens (including phenoxy) is 3. The number of hydrogen-bond acceptors (Lipinski definition) is 3. The van der Waals surface area contributed by atoms with Gasteiger partial charge in [0.1, 0.15) is 19.8 Å². The molecule has 0 spiro atoms. The average Bonchev–Trinajstić information content (AvgIpc) is 2.48. The molecule has 0 aliphatic rings. The normalized spacial score (nSPS) is 14.8. The molecule has 0 aromatic heterocycles. The number of hydrogen-bond donors (Lipinski definition) is 0. The molecule has 0 rings (SSSR count). The molecule has 0 aromatic rings. The summed E-state index contributed by atoms with van der Waals surface area (Å²) in [6.45, 7) is 4.23. The lowest BCUT2D eigenvalue weighted by Crippen LogP contribution is -2.77. The van der Waals surface area contributed by atoms with E-state index in [1.165, 1.54) is 41.5 Å². The van der Waals surface area contributed by atoms with E-state index in [1.807, 2.05) is 0 Å². The molecule has 0 amide bonds. The summed E-state index contributed by atoms with van der Waals surface area (Å²) < 4.78 is 103. The van der Waals surface area contributed by atoms with Gasteiger partial charge < -0.3 is 14.2 Å². The Balaban J connectivity index is 5.98. The molecular weight excluding hydrogens is 382 g/mol. The number of alkyl halides is 6. The van der Waals surface area contributed by atoms with Crippen molar-refractivity contribution in [1.29, 1.82) is 0 Å². The first-order valence-corrected chi connectivity index (χ1v) is 11.0. The Morgan fingerprint density at radius 2 is 0.769 bits per heavy atom. The average molecular weight is 412 g/mol. The molecule has 0 heterocycles. The van der Waals surface area contributed by atoms with Crippen molar-refractivity contribution >= 4 is 8.07 Å². The Kier molecular flexibility index (Phi) is 9.13. The van der Waals surface area contributed by atoms with Gasteiger partial charge in [0.05, 0.1) is 18.3 Å². The third-order valence-corrected chi connectivity index (χ3v) is 8.81. The molecule has 0 bridgehead atoms. The highest BCUT2D eigenvalue weighted by Crippen LogP contribution is 2.49. The van der Waals surface area contributed by atoms with Gasteiger partial charge in [-0.05, 0) is 41.5 Å². The first-order valence-electron chi connectivity index (χ1n) is 8.48. The van der Waals surface area contributed by atoms with E-state index in [9.17, 15) is 26.3 Å². The van der Waals surface area contributed by atoms with Gasteiger partial charge in [-0.1, -0.05) is 6.55 Å². The predicted octanol–water partition coefficient (Wildman–Crippen LogP) is 4.86. The second kappa shape index (κ2) is 9.25. The number of rotatable bonds is 12. The van der Waals surface area contributed by atoms with Gasteiger partial charge in [0.25, 0.3) is 16.6 Å². The Morgan fingerprint density at radius 3 is 0.923 bits per heavy atom. The molecule has 0 aliphatic heterocycles. The monoisotopic (exact) mass is 412 g/mol. The minimum atomic E-state index is -6.01. The van der Waals surface area contributed by atoms with Crippen LogP contribution in [-0.2, 0) is 14.2 Å². The Hall–Kier alpha value is -0.323. The summed E-state index contributed by atoms with van der Waals surface area (Å²) >= 11 is 0. The van der Waals surface area contributed by atoms with Gasteiger partial charge in [-0.25, -0.2) is 26.3 Å². The second-order valence-electron chi connectivity index (χ2n) is 7.32. The van der Waals surface area contributed by atoms with Gasteiger partial charge in [-0.15, -0.1) is 0 Å². The van der Waals surface area contributed by atoms with Crippen molar-refractivity contribution in [3.8, 4) is 0 Å². The molecule has 0 atom stereocenters. The summed E-state index contributed by atoms with van der Waals surface area (Å²) in [6, 6.07) is 0. The van der Waals surface area contributed by atoms with Crippen molar-refractivity contribution in [3.05, 3.63) is 0 Å². The summed E-state index contributed by atoms with van der Waals surface area (Å²) in [7, 11) is -6.01. The predicted molar refractivity (Wildman–Crippen MR) is 89.7 cm³/mol. The van der Waals surface area contributed by atoms with Crippen LogP contribution in [0.15, 0.2) is 0 Å².